The van der Waals surface area contributed by atoms with Crippen molar-refractivity contribution in [3.8, 4) is 10.6 Å². The number of nitrogens with zero attached hydrogens (tertiary/aromatic N) is 2. The van der Waals surface area contributed by atoms with Crippen LogP contribution in [0.15, 0.2) is 29.9 Å². The van der Waals surface area contributed by atoms with Crippen LogP contribution in [-0.2, 0) is 4.79 Å². The Bertz CT molecular complexity index is 607. The van der Waals surface area contributed by atoms with E-state index in [1.54, 1.807) is 23.7 Å². The third-order valence-corrected chi connectivity index (χ3v) is 4.73. The third-order valence-electron chi connectivity index (χ3n) is 3.84. The summed E-state index contributed by atoms with van der Waals surface area (Å²) >= 11 is 1.64. The van der Waals surface area contributed by atoms with E-state index in [4.69, 9.17) is 5.11 Å². The smallest absolute Gasteiger partial charge is 0.306 e. The van der Waals surface area contributed by atoms with Crippen molar-refractivity contribution in [2.45, 2.75) is 31.7 Å². The van der Waals surface area contributed by atoms with Gasteiger partial charge < -0.3 is 10.4 Å². The molecule has 0 unspecified atom stereocenters. The molecule has 1 saturated carbocycles. The number of aliphatic carboxylic acids is 1. The van der Waals surface area contributed by atoms with Crippen molar-refractivity contribution < 1.29 is 9.90 Å². The van der Waals surface area contributed by atoms with E-state index in [0.29, 0.717) is 0 Å². The topological polar surface area (TPSA) is 75.1 Å². The minimum absolute atomic E-state index is 0.188. The highest BCUT2D eigenvalue weighted by Crippen LogP contribution is 2.27. The Morgan fingerprint density at radius 3 is 2.76 bits per heavy atom. The lowest BCUT2D eigenvalue weighted by atomic mass is 9.86. The zero-order valence-corrected chi connectivity index (χ0v) is 12.3. The van der Waals surface area contributed by atoms with E-state index in [9.17, 15) is 4.79 Å². The molecule has 6 heteroatoms. The van der Waals surface area contributed by atoms with Gasteiger partial charge in [-0.25, -0.2) is 4.98 Å². The molecular weight excluding hydrogens is 286 g/mol. The van der Waals surface area contributed by atoms with E-state index in [-0.39, 0.29) is 12.0 Å². The molecule has 0 aromatic carbocycles. The van der Waals surface area contributed by atoms with Crippen molar-refractivity contribution in [3.05, 3.63) is 29.9 Å². The van der Waals surface area contributed by atoms with Crippen LogP contribution in [0.1, 0.15) is 25.7 Å². The first-order valence-corrected chi connectivity index (χ1v) is 7.95. The van der Waals surface area contributed by atoms with Gasteiger partial charge in [-0.15, -0.1) is 11.3 Å². The normalized spacial score (nSPS) is 21.9. The predicted molar refractivity (Wildman–Crippen MR) is 82.3 cm³/mol. The molecule has 0 amide bonds. The zero-order chi connectivity index (χ0) is 14.7. The van der Waals surface area contributed by atoms with Gasteiger partial charge >= 0.3 is 5.97 Å². The minimum atomic E-state index is -0.673. The number of rotatable bonds is 4. The van der Waals surface area contributed by atoms with E-state index < -0.39 is 5.97 Å². The zero-order valence-electron chi connectivity index (χ0n) is 11.5. The van der Waals surface area contributed by atoms with Gasteiger partial charge in [-0.2, -0.15) is 0 Å². The Morgan fingerprint density at radius 1 is 1.29 bits per heavy atom. The van der Waals surface area contributed by atoms with Crippen molar-refractivity contribution in [3.63, 3.8) is 0 Å². The van der Waals surface area contributed by atoms with Crippen molar-refractivity contribution in [1.29, 1.82) is 0 Å². The highest BCUT2D eigenvalue weighted by Gasteiger charge is 2.25. The number of hydrogen-bond acceptors (Lipinski definition) is 5. The quantitative estimate of drug-likeness (QED) is 0.906. The number of anilines is 1. The van der Waals surface area contributed by atoms with Gasteiger partial charge in [-0.3, -0.25) is 9.78 Å². The molecule has 0 radical (unpaired) electrons. The summed E-state index contributed by atoms with van der Waals surface area (Å²) in [5.41, 5.74) is 0.870. The van der Waals surface area contributed by atoms with Crippen molar-refractivity contribution in [2.24, 2.45) is 5.92 Å². The predicted octanol–water partition coefficient (Wildman–Crippen LogP) is 3.26. The maximum Gasteiger partial charge on any atom is 0.306 e. The van der Waals surface area contributed by atoms with Gasteiger partial charge in [0.05, 0.1) is 23.2 Å². The van der Waals surface area contributed by atoms with Crippen LogP contribution in [0.3, 0.4) is 0 Å². The second-order valence-electron chi connectivity index (χ2n) is 5.30. The van der Waals surface area contributed by atoms with Gasteiger partial charge in [0.2, 0.25) is 0 Å². The van der Waals surface area contributed by atoms with E-state index in [1.807, 2.05) is 17.5 Å². The first-order chi connectivity index (χ1) is 10.2. The molecular formula is C15H17N3O2S. The largest absolute Gasteiger partial charge is 0.481 e. The standard InChI is InChI=1S/C15H17N3O2S/c19-15(20)10-3-5-11(6-4-10)17-14-9-16-8-12(18-14)13-2-1-7-21-13/h1-2,7-11H,3-6H2,(H,17,18)(H,19,20). The molecule has 2 aromatic heterocycles. The van der Waals surface area contributed by atoms with Crippen molar-refractivity contribution in [2.75, 3.05) is 5.32 Å². The van der Waals surface area contributed by atoms with Crippen molar-refractivity contribution in [1.82, 2.24) is 9.97 Å². The van der Waals surface area contributed by atoms with Crippen LogP contribution in [0.4, 0.5) is 5.82 Å². The molecule has 1 fully saturated rings. The molecule has 110 valence electrons. The summed E-state index contributed by atoms with van der Waals surface area (Å²) in [6.45, 7) is 0. The summed E-state index contributed by atoms with van der Waals surface area (Å²) in [6, 6.07) is 4.30. The highest BCUT2D eigenvalue weighted by molar-refractivity contribution is 7.13. The maximum atomic E-state index is 11.0. The van der Waals surface area contributed by atoms with E-state index in [2.05, 4.69) is 15.3 Å². The average Bonchev–Trinajstić information content (AvgIpc) is 3.02. The van der Waals surface area contributed by atoms with Gasteiger partial charge in [0.25, 0.3) is 0 Å². The SMILES string of the molecule is O=C(O)C1CCC(Nc2cncc(-c3cccs3)n2)CC1. The van der Waals surface area contributed by atoms with E-state index in [0.717, 1.165) is 42.1 Å². The highest BCUT2D eigenvalue weighted by atomic mass is 32.1. The van der Waals surface area contributed by atoms with Gasteiger partial charge in [0.15, 0.2) is 0 Å². The van der Waals surface area contributed by atoms with E-state index >= 15 is 0 Å². The number of carbonyl (C=O) groups is 1. The number of aromatic nitrogens is 2. The molecule has 1 aliphatic rings. The summed E-state index contributed by atoms with van der Waals surface area (Å²) in [5, 5.41) is 14.4. The van der Waals surface area contributed by atoms with Gasteiger partial charge in [0.1, 0.15) is 11.5 Å². The molecule has 2 N–H and O–H groups in total. The van der Waals surface area contributed by atoms with Crippen LogP contribution >= 0.6 is 11.3 Å². The Hall–Kier alpha value is -1.95. The molecule has 2 heterocycles. The minimum Gasteiger partial charge on any atom is -0.481 e. The number of nitrogens with one attached hydrogen (secondary N) is 1. The molecule has 3 rings (SSSR count). The second-order valence-corrected chi connectivity index (χ2v) is 6.25. The second kappa shape index (κ2) is 6.22. The summed E-state index contributed by atoms with van der Waals surface area (Å²) in [5.74, 6) is -0.0980. The van der Waals surface area contributed by atoms with Crippen LogP contribution in [0.2, 0.25) is 0 Å². The first-order valence-electron chi connectivity index (χ1n) is 7.07. The molecule has 0 saturated heterocycles. The van der Waals surface area contributed by atoms with E-state index in [1.165, 1.54) is 0 Å². The molecule has 1 aliphatic carbocycles. The molecule has 0 aliphatic heterocycles. The molecule has 0 atom stereocenters. The Balaban J connectivity index is 1.64. The van der Waals surface area contributed by atoms with Crippen LogP contribution < -0.4 is 5.32 Å². The number of carboxylic acid groups (broad SMARTS) is 1. The van der Waals surface area contributed by atoms with Crippen LogP contribution in [0, 0.1) is 5.92 Å². The molecule has 0 bridgehead atoms. The Morgan fingerprint density at radius 2 is 2.10 bits per heavy atom. The lowest BCUT2D eigenvalue weighted by Gasteiger charge is -2.27. The van der Waals surface area contributed by atoms with Crippen molar-refractivity contribution >= 4 is 23.1 Å². The lowest BCUT2D eigenvalue weighted by Crippen LogP contribution is -2.29. The summed E-state index contributed by atoms with van der Waals surface area (Å²) in [6.07, 6.45) is 6.67. The van der Waals surface area contributed by atoms with Gasteiger partial charge in [-0.05, 0) is 37.1 Å². The fourth-order valence-electron chi connectivity index (χ4n) is 2.67. The monoisotopic (exact) mass is 303 g/mol. The van der Waals surface area contributed by atoms with Crippen LogP contribution in [0.25, 0.3) is 10.6 Å². The summed E-state index contributed by atoms with van der Waals surface area (Å²) in [4.78, 5) is 20.9. The Kier molecular flexibility index (Phi) is 4.15. The molecule has 2 aromatic rings. The fraction of sp³-hybridized carbons (Fsp3) is 0.400. The fourth-order valence-corrected chi connectivity index (χ4v) is 3.35. The third kappa shape index (κ3) is 3.39. The first kappa shape index (κ1) is 14.0. The maximum absolute atomic E-state index is 11.0. The lowest BCUT2D eigenvalue weighted by molar-refractivity contribution is -0.142. The van der Waals surface area contributed by atoms with Crippen LogP contribution in [-0.4, -0.2) is 27.1 Å². The number of hydrogen-bond donors (Lipinski definition) is 2. The summed E-state index contributed by atoms with van der Waals surface area (Å²) in [7, 11) is 0. The Labute approximate surface area is 127 Å². The molecule has 5 nitrogen and oxygen atoms in total. The molecule has 21 heavy (non-hydrogen) atoms. The van der Waals surface area contributed by atoms with Crippen LogP contribution in [0.5, 0.6) is 0 Å². The number of thiophene rings is 1. The summed E-state index contributed by atoms with van der Waals surface area (Å²) < 4.78 is 0. The van der Waals surface area contributed by atoms with Gasteiger partial charge in [-0.1, -0.05) is 6.07 Å². The average molecular weight is 303 g/mol. The molecule has 0 spiro atoms. The number of carboxylic acids is 1. The van der Waals surface area contributed by atoms with Gasteiger partial charge in [0, 0.05) is 6.04 Å².